The maximum absolute atomic E-state index is 12.3. The van der Waals surface area contributed by atoms with Gasteiger partial charge in [-0.15, -0.1) is 0 Å². The third kappa shape index (κ3) is 2.07. The van der Waals surface area contributed by atoms with Gasteiger partial charge in [0.2, 0.25) is 0 Å². The molecule has 2 aliphatic rings. The van der Waals surface area contributed by atoms with E-state index in [9.17, 15) is 14.4 Å². The summed E-state index contributed by atoms with van der Waals surface area (Å²) >= 11 is 0. The first-order valence-electron chi connectivity index (χ1n) is 6.82. The lowest BCUT2D eigenvalue weighted by molar-refractivity contribution is -0.131. The highest BCUT2D eigenvalue weighted by Crippen LogP contribution is 2.29. The largest absolute Gasteiger partial charge is 0.337 e. The molecule has 3 heterocycles. The molecule has 8 heteroatoms. The van der Waals surface area contributed by atoms with Crippen molar-refractivity contribution in [2.45, 2.75) is 18.4 Å². The number of carbonyl (C=O) groups is 3. The summed E-state index contributed by atoms with van der Waals surface area (Å²) in [4.78, 5) is 38.8. The highest BCUT2D eigenvalue weighted by molar-refractivity contribution is 6.07. The van der Waals surface area contributed by atoms with Crippen LogP contribution in [0.25, 0.3) is 0 Å². The predicted molar refractivity (Wildman–Crippen MR) is 72.4 cm³/mol. The number of likely N-dealkylation sites (tertiary alicyclic amines) is 1. The summed E-state index contributed by atoms with van der Waals surface area (Å²) in [5, 5.41) is 6.85. The minimum absolute atomic E-state index is 0.143. The zero-order chi connectivity index (χ0) is 15.2. The van der Waals surface area contributed by atoms with Crippen LogP contribution in [0.2, 0.25) is 0 Å². The number of piperidine rings is 1. The van der Waals surface area contributed by atoms with Crippen LogP contribution in [0.3, 0.4) is 0 Å². The second kappa shape index (κ2) is 4.57. The smallest absolute Gasteiger partial charge is 0.324 e. The third-order valence-electron chi connectivity index (χ3n) is 4.20. The van der Waals surface area contributed by atoms with Crippen molar-refractivity contribution in [1.82, 2.24) is 24.9 Å². The van der Waals surface area contributed by atoms with Crippen molar-refractivity contribution >= 4 is 17.8 Å². The fourth-order valence-corrected chi connectivity index (χ4v) is 2.88. The lowest BCUT2D eigenvalue weighted by Gasteiger charge is -2.36. The second-order valence-electron chi connectivity index (χ2n) is 5.54. The first-order valence-corrected chi connectivity index (χ1v) is 6.82. The molecule has 3 rings (SSSR count). The van der Waals surface area contributed by atoms with E-state index in [4.69, 9.17) is 0 Å². The maximum atomic E-state index is 12.3. The van der Waals surface area contributed by atoms with Crippen molar-refractivity contribution in [3.8, 4) is 0 Å². The zero-order valence-electron chi connectivity index (χ0n) is 12.0. The number of likely N-dealkylation sites (N-methyl/N-ethyl adjacent to an activating group) is 1. The summed E-state index contributed by atoms with van der Waals surface area (Å²) in [6, 6.07) is 1.30. The van der Waals surface area contributed by atoms with Gasteiger partial charge in [0, 0.05) is 33.4 Å². The average molecular weight is 291 g/mol. The summed E-state index contributed by atoms with van der Waals surface area (Å²) in [7, 11) is 3.22. The summed E-state index contributed by atoms with van der Waals surface area (Å²) in [6.07, 6.45) is 2.58. The van der Waals surface area contributed by atoms with E-state index in [0.717, 1.165) is 4.90 Å². The van der Waals surface area contributed by atoms with E-state index in [2.05, 4.69) is 10.4 Å². The fourth-order valence-electron chi connectivity index (χ4n) is 2.88. The quantitative estimate of drug-likeness (QED) is 0.712. The van der Waals surface area contributed by atoms with Crippen LogP contribution < -0.4 is 5.32 Å². The molecule has 2 aliphatic heterocycles. The number of urea groups is 1. The predicted octanol–water partition coefficient (Wildman–Crippen LogP) is -0.424. The summed E-state index contributed by atoms with van der Waals surface area (Å²) in [5.41, 5.74) is -0.445. The number of hydrogen-bond donors (Lipinski definition) is 1. The van der Waals surface area contributed by atoms with Gasteiger partial charge in [-0.1, -0.05) is 0 Å². The normalized spacial score (nSPS) is 21.0. The zero-order valence-corrected chi connectivity index (χ0v) is 12.0. The van der Waals surface area contributed by atoms with E-state index in [1.165, 1.54) is 7.05 Å². The van der Waals surface area contributed by atoms with Crippen molar-refractivity contribution in [3.05, 3.63) is 18.0 Å². The third-order valence-corrected chi connectivity index (χ3v) is 4.20. The molecule has 8 nitrogen and oxygen atoms in total. The van der Waals surface area contributed by atoms with E-state index >= 15 is 0 Å². The molecule has 1 aromatic rings. The summed E-state index contributed by atoms with van der Waals surface area (Å²) < 4.78 is 1.58. The van der Waals surface area contributed by atoms with Gasteiger partial charge in [0.1, 0.15) is 11.2 Å². The maximum Gasteiger partial charge on any atom is 0.324 e. The van der Waals surface area contributed by atoms with Gasteiger partial charge in [-0.05, 0) is 18.9 Å². The first-order chi connectivity index (χ1) is 9.93. The van der Waals surface area contributed by atoms with E-state index in [1.807, 2.05) is 0 Å². The number of hydrogen-bond acceptors (Lipinski definition) is 4. The summed E-state index contributed by atoms with van der Waals surface area (Å²) in [6.45, 7) is 0.852. The average Bonchev–Trinajstić information content (AvgIpc) is 2.99. The molecule has 0 saturated carbocycles. The number of aromatic nitrogens is 2. The van der Waals surface area contributed by atoms with Gasteiger partial charge in [-0.3, -0.25) is 19.2 Å². The van der Waals surface area contributed by atoms with Crippen LogP contribution in [0.1, 0.15) is 23.3 Å². The van der Waals surface area contributed by atoms with Gasteiger partial charge < -0.3 is 10.2 Å². The SMILES string of the molecule is CN1C(=O)NC2(CCN(C(=O)c3ccn(C)n3)CC2)C1=O. The van der Waals surface area contributed by atoms with Crippen LogP contribution in [-0.4, -0.2) is 63.1 Å². The summed E-state index contributed by atoms with van der Waals surface area (Å²) in [5.74, 6) is -0.354. The molecule has 1 N–H and O–H groups in total. The molecular formula is C13H17N5O3. The highest BCUT2D eigenvalue weighted by Gasteiger charge is 2.51. The number of imide groups is 1. The number of amides is 4. The number of nitrogens with one attached hydrogen (secondary N) is 1. The molecule has 112 valence electrons. The van der Waals surface area contributed by atoms with E-state index in [-0.39, 0.29) is 17.8 Å². The molecule has 2 saturated heterocycles. The lowest BCUT2D eigenvalue weighted by atomic mass is 9.87. The van der Waals surface area contributed by atoms with Crippen molar-refractivity contribution < 1.29 is 14.4 Å². The minimum Gasteiger partial charge on any atom is -0.337 e. The van der Waals surface area contributed by atoms with Crippen LogP contribution in [0.5, 0.6) is 0 Å². The molecule has 0 atom stereocenters. The van der Waals surface area contributed by atoms with Crippen molar-refractivity contribution in [2.24, 2.45) is 7.05 Å². The Morgan fingerprint density at radius 2 is 1.95 bits per heavy atom. The van der Waals surface area contributed by atoms with Gasteiger partial charge >= 0.3 is 6.03 Å². The molecule has 4 amide bonds. The Labute approximate surface area is 121 Å². The molecule has 0 unspecified atom stereocenters. The highest BCUT2D eigenvalue weighted by atomic mass is 16.2. The molecule has 1 aromatic heterocycles. The molecule has 0 bridgehead atoms. The Morgan fingerprint density at radius 3 is 2.43 bits per heavy atom. The molecule has 1 spiro atoms. The van der Waals surface area contributed by atoms with Crippen molar-refractivity contribution in [2.75, 3.05) is 20.1 Å². The first kappa shape index (κ1) is 13.6. The van der Waals surface area contributed by atoms with Gasteiger partial charge in [-0.2, -0.15) is 5.10 Å². The standard InChI is InChI=1S/C13H17N5O3/c1-16-6-3-9(15-16)10(19)18-7-4-13(5-8-18)11(20)17(2)12(21)14-13/h3,6H,4-5,7-8H2,1-2H3,(H,14,21). The Hall–Kier alpha value is -2.38. The molecule has 2 fully saturated rings. The van der Waals surface area contributed by atoms with Crippen LogP contribution in [0.4, 0.5) is 4.79 Å². The number of aryl methyl sites for hydroxylation is 1. The Kier molecular flexibility index (Phi) is 2.96. The van der Waals surface area contributed by atoms with E-state index in [1.54, 1.807) is 28.9 Å². The minimum atomic E-state index is -0.841. The van der Waals surface area contributed by atoms with Crippen LogP contribution in [0.15, 0.2) is 12.3 Å². The number of rotatable bonds is 1. The molecule has 21 heavy (non-hydrogen) atoms. The van der Waals surface area contributed by atoms with Gasteiger partial charge in [-0.25, -0.2) is 4.79 Å². The Morgan fingerprint density at radius 1 is 1.29 bits per heavy atom. The Bertz CT molecular complexity index is 615. The van der Waals surface area contributed by atoms with Crippen LogP contribution in [0, 0.1) is 0 Å². The topological polar surface area (TPSA) is 87.5 Å². The number of carbonyl (C=O) groups excluding carboxylic acids is 3. The van der Waals surface area contributed by atoms with Gasteiger partial charge in [0.15, 0.2) is 0 Å². The molecule has 0 aromatic carbocycles. The fraction of sp³-hybridized carbons (Fsp3) is 0.538. The monoisotopic (exact) mass is 291 g/mol. The van der Waals surface area contributed by atoms with Crippen LogP contribution >= 0.6 is 0 Å². The van der Waals surface area contributed by atoms with Crippen LogP contribution in [-0.2, 0) is 11.8 Å². The van der Waals surface area contributed by atoms with Crippen molar-refractivity contribution in [3.63, 3.8) is 0 Å². The van der Waals surface area contributed by atoms with Gasteiger partial charge in [0.05, 0.1) is 0 Å². The molecule has 0 aliphatic carbocycles. The number of nitrogens with zero attached hydrogens (tertiary/aromatic N) is 4. The molecular weight excluding hydrogens is 274 g/mol. The Balaban J connectivity index is 1.70. The second-order valence-corrected chi connectivity index (χ2v) is 5.54. The van der Waals surface area contributed by atoms with E-state index < -0.39 is 5.54 Å². The van der Waals surface area contributed by atoms with Gasteiger partial charge in [0.25, 0.3) is 11.8 Å². The van der Waals surface area contributed by atoms with Crippen molar-refractivity contribution in [1.29, 1.82) is 0 Å². The lowest BCUT2D eigenvalue weighted by Crippen LogP contribution is -2.55. The van der Waals surface area contributed by atoms with E-state index in [0.29, 0.717) is 31.6 Å². The molecule has 0 radical (unpaired) electrons.